The number of hydrogen-bond donors (Lipinski definition) is 3. The van der Waals surface area contributed by atoms with Crippen LogP contribution in [0.15, 0.2) is 48.8 Å². The number of para-hydroxylation sites is 1. The number of nitrogens with zero attached hydrogens (tertiary/aromatic N) is 2. The van der Waals surface area contributed by atoms with Crippen LogP contribution in [0.5, 0.6) is 0 Å². The Morgan fingerprint density at radius 2 is 2.08 bits per heavy atom. The van der Waals surface area contributed by atoms with Gasteiger partial charge in [0.05, 0.1) is 23.5 Å². The number of benzene rings is 2. The summed E-state index contributed by atoms with van der Waals surface area (Å²) in [6.07, 6.45) is 1.96. The third-order valence-electron chi connectivity index (χ3n) is 4.87. The summed E-state index contributed by atoms with van der Waals surface area (Å²) in [5.74, 6) is -0.217. The van der Waals surface area contributed by atoms with Crippen LogP contribution in [-0.4, -0.2) is 51.6 Å². The lowest BCUT2D eigenvalue weighted by atomic mass is 10.00. The van der Waals surface area contributed by atoms with E-state index in [-0.39, 0.29) is 12.5 Å². The number of aromatic nitrogens is 2. The molecule has 0 aliphatic carbocycles. The van der Waals surface area contributed by atoms with E-state index in [4.69, 9.17) is 0 Å². The molecule has 1 aliphatic rings. The minimum atomic E-state index is -0.609. The second-order valence-electron chi connectivity index (χ2n) is 6.72. The summed E-state index contributed by atoms with van der Waals surface area (Å²) in [4.78, 5) is 21.8. The zero-order chi connectivity index (χ0) is 17.9. The van der Waals surface area contributed by atoms with Crippen molar-refractivity contribution in [2.75, 3.05) is 19.6 Å². The van der Waals surface area contributed by atoms with Crippen molar-refractivity contribution in [3.8, 4) is 0 Å². The molecule has 134 valence electrons. The van der Waals surface area contributed by atoms with Gasteiger partial charge in [0.2, 0.25) is 0 Å². The molecule has 2 heterocycles. The number of aliphatic hydroxyl groups is 1. The van der Waals surface area contributed by atoms with E-state index in [1.165, 1.54) is 11.1 Å². The van der Waals surface area contributed by atoms with Crippen molar-refractivity contribution in [3.63, 3.8) is 0 Å². The van der Waals surface area contributed by atoms with Crippen molar-refractivity contribution >= 4 is 16.9 Å². The monoisotopic (exact) mass is 350 g/mol. The highest BCUT2D eigenvalue weighted by molar-refractivity contribution is 6.04. The molecule has 0 bridgehead atoms. The molecule has 0 saturated carbocycles. The van der Waals surface area contributed by atoms with Crippen LogP contribution in [0.4, 0.5) is 0 Å². The highest BCUT2D eigenvalue weighted by Gasteiger charge is 2.19. The summed E-state index contributed by atoms with van der Waals surface area (Å²) in [5.41, 5.74) is 4.69. The molecule has 0 spiro atoms. The first kappa shape index (κ1) is 16.8. The molecule has 0 saturated heterocycles. The Morgan fingerprint density at radius 3 is 2.96 bits per heavy atom. The van der Waals surface area contributed by atoms with E-state index >= 15 is 0 Å². The van der Waals surface area contributed by atoms with Crippen LogP contribution in [0.3, 0.4) is 0 Å². The number of fused-ring (bicyclic) bond motifs is 2. The maximum atomic E-state index is 12.4. The van der Waals surface area contributed by atoms with Crippen molar-refractivity contribution in [2.24, 2.45) is 0 Å². The number of β-amino-alcohol motifs (C(OH)–C–C–N with tert-alkyl or cyclic N) is 1. The molecular weight excluding hydrogens is 328 g/mol. The second-order valence-corrected chi connectivity index (χ2v) is 6.72. The number of aromatic amines is 1. The zero-order valence-corrected chi connectivity index (χ0v) is 14.5. The summed E-state index contributed by atoms with van der Waals surface area (Å²) in [7, 11) is 0. The average molecular weight is 350 g/mol. The molecular formula is C20H22N4O2. The summed E-state index contributed by atoms with van der Waals surface area (Å²) >= 11 is 0. The van der Waals surface area contributed by atoms with Gasteiger partial charge in [-0.2, -0.15) is 0 Å². The van der Waals surface area contributed by atoms with Gasteiger partial charge in [-0.05, 0) is 29.7 Å². The van der Waals surface area contributed by atoms with E-state index in [0.29, 0.717) is 17.6 Å². The quantitative estimate of drug-likeness (QED) is 0.654. The van der Waals surface area contributed by atoms with Crippen LogP contribution >= 0.6 is 0 Å². The van der Waals surface area contributed by atoms with Crippen LogP contribution in [0.2, 0.25) is 0 Å². The van der Waals surface area contributed by atoms with Crippen LogP contribution < -0.4 is 5.32 Å². The van der Waals surface area contributed by atoms with Gasteiger partial charge >= 0.3 is 0 Å². The van der Waals surface area contributed by atoms with Gasteiger partial charge in [-0.15, -0.1) is 0 Å². The normalized spacial score (nSPS) is 15.6. The first-order valence-electron chi connectivity index (χ1n) is 8.88. The molecule has 1 aromatic heterocycles. The Labute approximate surface area is 151 Å². The number of carbonyl (C=O) groups excluding carboxylic acids is 1. The van der Waals surface area contributed by atoms with Gasteiger partial charge in [0, 0.05) is 26.2 Å². The molecule has 3 N–H and O–H groups in total. The summed E-state index contributed by atoms with van der Waals surface area (Å²) in [6.45, 7) is 2.53. The molecule has 4 rings (SSSR count). The van der Waals surface area contributed by atoms with E-state index in [0.717, 1.165) is 25.0 Å². The summed E-state index contributed by atoms with van der Waals surface area (Å²) in [5, 5.41) is 13.2. The molecule has 0 radical (unpaired) electrons. The molecule has 3 aromatic rings. The maximum Gasteiger partial charge on any atom is 0.253 e. The van der Waals surface area contributed by atoms with Gasteiger partial charge in [0.15, 0.2) is 0 Å². The number of carbonyl (C=O) groups is 1. The van der Waals surface area contributed by atoms with E-state index in [9.17, 15) is 9.90 Å². The van der Waals surface area contributed by atoms with Crippen molar-refractivity contribution in [3.05, 3.63) is 65.5 Å². The second kappa shape index (κ2) is 7.27. The predicted molar refractivity (Wildman–Crippen MR) is 99.9 cm³/mol. The lowest BCUT2D eigenvalue weighted by Gasteiger charge is -2.30. The number of nitrogens with one attached hydrogen (secondary N) is 2. The van der Waals surface area contributed by atoms with Crippen molar-refractivity contribution in [2.45, 2.75) is 19.1 Å². The molecule has 1 atom stereocenters. The van der Waals surface area contributed by atoms with Crippen LogP contribution in [0.1, 0.15) is 21.5 Å². The third-order valence-corrected chi connectivity index (χ3v) is 4.87. The van der Waals surface area contributed by atoms with E-state index in [2.05, 4.69) is 44.5 Å². The van der Waals surface area contributed by atoms with Gasteiger partial charge < -0.3 is 15.4 Å². The first-order valence-corrected chi connectivity index (χ1v) is 8.88. The molecule has 2 aromatic carbocycles. The molecule has 1 aliphatic heterocycles. The smallest absolute Gasteiger partial charge is 0.253 e. The Bertz CT molecular complexity index is 921. The fourth-order valence-corrected chi connectivity index (χ4v) is 3.53. The largest absolute Gasteiger partial charge is 0.390 e. The minimum absolute atomic E-state index is 0.217. The molecule has 26 heavy (non-hydrogen) atoms. The predicted octanol–water partition coefficient (Wildman–Crippen LogP) is 1.71. The topological polar surface area (TPSA) is 81.2 Å². The van der Waals surface area contributed by atoms with E-state index in [1.807, 2.05) is 12.1 Å². The average Bonchev–Trinajstić information content (AvgIpc) is 3.15. The molecule has 1 amide bonds. The molecule has 0 fully saturated rings. The first-order chi connectivity index (χ1) is 12.7. The lowest BCUT2D eigenvalue weighted by Crippen LogP contribution is -2.42. The fourth-order valence-electron chi connectivity index (χ4n) is 3.53. The molecule has 6 nitrogen and oxygen atoms in total. The number of amides is 1. The Hall–Kier alpha value is -2.70. The number of imidazole rings is 1. The Kier molecular flexibility index (Phi) is 4.69. The van der Waals surface area contributed by atoms with Crippen LogP contribution in [-0.2, 0) is 13.0 Å². The van der Waals surface area contributed by atoms with Gasteiger partial charge in [0.1, 0.15) is 5.52 Å². The Morgan fingerprint density at radius 1 is 1.23 bits per heavy atom. The van der Waals surface area contributed by atoms with Gasteiger partial charge in [-0.1, -0.05) is 30.3 Å². The lowest BCUT2D eigenvalue weighted by molar-refractivity contribution is 0.0843. The highest BCUT2D eigenvalue weighted by Crippen LogP contribution is 2.18. The summed E-state index contributed by atoms with van der Waals surface area (Å²) in [6, 6.07) is 13.9. The third kappa shape index (κ3) is 3.47. The van der Waals surface area contributed by atoms with Gasteiger partial charge in [-0.3, -0.25) is 9.69 Å². The van der Waals surface area contributed by atoms with Crippen molar-refractivity contribution in [1.29, 1.82) is 0 Å². The number of hydrogen-bond acceptors (Lipinski definition) is 4. The van der Waals surface area contributed by atoms with Gasteiger partial charge in [0.25, 0.3) is 5.91 Å². The maximum absolute atomic E-state index is 12.4. The molecule has 6 heteroatoms. The van der Waals surface area contributed by atoms with Crippen molar-refractivity contribution in [1.82, 2.24) is 20.2 Å². The van der Waals surface area contributed by atoms with Crippen molar-refractivity contribution < 1.29 is 9.90 Å². The zero-order valence-electron chi connectivity index (χ0n) is 14.5. The van der Waals surface area contributed by atoms with E-state index in [1.54, 1.807) is 12.4 Å². The summed E-state index contributed by atoms with van der Waals surface area (Å²) < 4.78 is 0. The van der Waals surface area contributed by atoms with E-state index < -0.39 is 6.10 Å². The van der Waals surface area contributed by atoms with Gasteiger partial charge in [-0.25, -0.2) is 4.98 Å². The number of rotatable bonds is 5. The standard InChI is InChI=1S/C20H22N4O2/c25-16(12-24-9-8-14-4-1-2-5-15(14)11-24)10-21-20(26)17-6-3-7-18-19(17)23-13-22-18/h1-7,13,16,25H,8-12H2,(H,21,26)(H,22,23). The minimum Gasteiger partial charge on any atom is -0.390 e. The Balaban J connectivity index is 1.32. The SMILES string of the molecule is O=C(NCC(O)CN1CCc2ccccc2C1)c1cccc2[nH]cnc12. The number of H-pyrrole nitrogens is 1. The fraction of sp³-hybridized carbons (Fsp3) is 0.300. The molecule has 1 unspecified atom stereocenters. The number of aliphatic hydroxyl groups excluding tert-OH is 1. The van der Waals surface area contributed by atoms with Crippen LogP contribution in [0.25, 0.3) is 11.0 Å². The highest BCUT2D eigenvalue weighted by atomic mass is 16.3. The van der Waals surface area contributed by atoms with Crippen LogP contribution in [0, 0.1) is 0 Å².